The van der Waals surface area contributed by atoms with Gasteiger partial charge in [-0.2, -0.15) is 11.3 Å². The summed E-state index contributed by atoms with van der Waals surface area (Å²) in [5.74, 6) is -0.233. The summed E-state index contributed by atoms with van der Waals surface area (Å²) in [7, 11) is 0. The third-order valence-corrected chi connectivity index (χ3v) is 4.16. The number of nitrogens with one attached hydrogen (secondary N) is 1. The maximum atomic E-state index is 12.1. The van der Waals surface area contributed by atoms with Crippen LogP contribution in [0.15, 0.2) is 46.0 Å². The zero-order valence-corrected chi connectivity index (χ0v) is 13.1. The average Bonchev–Trinajstić information content (AvgIpc) is 3.20. The number of aliphatic hydroxyl groups excluding tert-OH is 1. The molecule has 3 rings (SSSR count). The number of aliphatic hydroxyl groups is 1. The monoisotopic (exact) mass is 332 g/mol. The second kappa shape index (κ2) is 6.76. The Balaban J connectivity index is 1.54. The molecule has 0 radical (unpaired) electrons. The number of aromatic nitrogens is 3. The van der Waals surface area contributed by atoms with E-state index in [0.29, 0.717) is 5.65 Å². The Morgan fingerprint density at radius 3 is 3.00 bits per heavy atom. The quantitative estimate of drug-likeness (QED) is 0.699. The number of fused-ring (bicyclic) bond motifs is 1. The Hall–Kier alpha value is -2.45. The van der Waals surface area contributed by atoms with Crippen molar-refractivity contribution in [3.05, 3.63) is 57.3 Å². The number of pyridine rings is 1. The normalized spacial score (nSPS) is 12.4. The number of amides is 1. The minimum Gasteiger partial charge on any atom is -0.387 e. The Kier molecular flexibility index (Phi) is 4.54. The molecule has 7 nitrogen and oxygen atoms in total. The van der Waals surface area contributed by atoms with Gasteiger partial charge in [0.2, 0.25) is 5.91 Å². The predicted octanol–water partition coefficient (Wildman–Crippen LogP) is 0.797. The second-order valence-corrected chi connectivity index (χ2v) is 5.84. The fourth-order valence-corrected chi connectivity index (χ4v) is 2.91. The van der Waals surface area contributed by atoms with Gasteiger partial charge in [-0.1, -0.05) is 6.07 Å². The summed E-state index contributed by atoms with van der Waals surface area (Å²) in [5.41, 5.74) is 1.06. The van der Waals surface area contributed by atoms with Crippen LogP contribution in [0.5, 0.6) is 0 Å². The molecule has 3 heterocycles. The summed E-state index contributed by atoms with van der Waals surface area (Å²) in [6.07, 6.45) is 1.04. The number of thiophene rings is 1. The molecule has 0 aliphatic carbocycles. The summed E-state index contributed by atoms with van der Waals surface area (Å²) in [6.45, 7) is 0.344. The van der Waals surface area contributed by atoms with Gasteiger partial charge in [0, 0.05) is 19.2 Å². The van der Waals surface area contributed by atoms with Gasteiger partial charge in [0.15, 0.2) is 5.65 Å². The van der Waals surface area contributed by atoms with Gasteiger partial charge in [0.25, 0.3) is 0 Å². The van der Waals surface area contributed by atoms with Crippen molar-refractivity contribution in [2.75, 3.05) is 6.54 Å². The molecule has 0 aliphatic rings. The molecule has 0 aromatic carbocycles. The maximum absolute atomic E-state index is 12.1. The SMILES string of the molecule is O=C(CCn1nc2ccccn2c1=O)NCC(O)c1ccsc1. The molecule has 0 saturated carbocycles. The number of carbonyl (C=O) groups excluding carboxylic acids is 1. The summed E-state index contributed by atoms with van der Waals surface area (Å²) >= 11 is 1.49. The molecule has 0 spiro atoms. The minimum atomic E-state index is -0.719. The van der Waals surface area contributed by atoms with Gasteiger partial charge in [-0.05, 0) is 34.5 Å². The predicted molar refractivity (Wildman–Crippen MR) is 86.4 cm³/mol. The van der Waals surface area contributed by atoms with Crippen molar-refractivity contribution in [2.24, 2.45) is 0 Å². The molecular weight excluding hydrogens is 316 g/mol. The highest BCUT2D eigenvalue weighted by atomic mass is 32.1. The van der Waals surface area contributed by atoms with Crippen molar-refractivity contribution in [3.63, 3.8) is 0 Å². The Bertz CT molecular complexity index is 853. The first-order chi connectivity index (χ1) is 11.1. The van der Waals surface area contributed by atoms with Gasteiger partial charge in [-0.3, -0.25) is 9.20 Å². The van der Waals surface area contributed by atoms with Crippen LogP contribution in [0.2, 0.25) is 0 Å². The van der Waals surface area contributed by atoms with Crippen LogP contribution in [0.25, 0.3) is 5.65 Å². The highest BCUT2D eigenvalue weighted by Gasteiger charge is 2.11. The second-order valence-electron chi connectivity index (χ2n) is 5.06. The van der Waals surface area contributed by atoms with Gasteiger partial charge in [-0.25, -0.2) is 9.48 Å². The van der Waals surface area contributed by atoms with E-state index in [2.05, 4.69) is 10.4 Å². The van der Waals surface area contributed by atoms with Gasteiger partial charge < -0.3 is 10.4 Å². The standard InChI is InChI=1S/C15H16N4O3S/c20-12(11-5-8-23-10-11)9-16-14(21)4-7-19-15(22)18-6-2-1-3-13(18)17-19/h1-3,5-6,8,10,12,20H,4,7,9H2,(H,16,21). The molecule has 2 N–H and O–H groups in total. The molecule has 1 unspecified atom stereocenters. The lowest BCUT2D eigenvalue weighted by Crippen LogP contribution is -2.30. The van der Waals surface area contributed by atoms with Crippen molar-refractivity contribution < 1.29 is 9.90 Å². The molecule has 0 fully saturated rings. The molecule has 3 aromatic heterocycles. The number of aryl methyl sites for hydroxylation is 1. The fourth-order valence-electron chi connectivity index (χ4n) is 2.20. The molecular formula is C15H16N4O3S. The maximum Gasteiger partial charge on any atom is 0.350 e. The summed E-state index contributed by atoms with van der Waals surface area (Å²) < 4.78 is 2.70. The van der Waals surface area contributed by atoms with Crippen molar-refractivity contribution >= 4 is 22.9 Å². The van der Waals surface area contributed by atoms with Crippen LogP contribution < -0.4 is 11.0 Å². The topological polar surface area (TPSA) is 88.6 Å². The Morgan fingerprint density at radius 1 is 1.39 bits per heavy atom. The van der Waals surface area contributed by atoms with E-state index in [1.54, 1.807) is 24.4 Å². The summed E-state index contributed by atoms with van der Waals surface area (Å²) in [6, 6.07) is 7.09. The first-order valence-corrected chi connectivity index (χ1v) is 8.10. The van der Waals surface area contributed by atoms with Crippen LogP contribution in [0.4, 0.5) is 0 Å². The van der Waals surface area contributed by atoms with Gasteiger partial charge >= 0.3 is 5.69 Å². The lowest BCUT2D eigenvalue weighted by molar-refractivity contribution is -0.121. The van der Waals surface area contributed by atoms with E-state index in [0.717, 1.165) is 5.56 Å². The third kappa shape index (κ3) is 3.49. The molecule has 0 aliphatic heterocycles. The van der Waals surface area contributed by atoms with Crippen LogP contribution in [-0.4, -0.2) is 31.7 Å². The molecule has 0 saturated heterocycles. The first-order valence-electron chi connectivity index (χ1n) is 7.16. The minimum absolute atomic E-state index is 0.125. The van der Waals surface area contributed by atoms with Crippen molar-refractivity contribution in [3.8, 4) is 0 Å². The molecule has 0 bridgehead atoms. The Labute approximate surface area is 135 Å². The van der Waals surface area contributed by atoms with Crippen molar-refractivity contribution in [1.29, 1.82) is 0 Å². The Morgan fingerprint density at radius 2 is 2.26 bits per heavy atom. The van der Waals surface area contributed by atoms with Gasteiger partial charge in [0.1, 0.15) is 0 Å². The zero-order valence-electron chi connectivity index (χ0n) is 12.3. The van der Waals surface area contributed by atoms with E-state index in [9.17, 15) is 14.7 Å². The van der Waals surface area contributed by atoms with E-state index < -0.39 is 6.10 Å². The molecule has 23 heavy (non-hydrogen) atoms. The average molecular weight is 332 g/mol. The van der Waals surface area contributed by atoms with Crippen molar-refractivity contribution in [1.82, 2.24) is 19.5 Å². The summed E-state index contributed by atoms with van der Waals surface area (Å²) in [4.78, 5) is 23.9. The summed E-state index contributed by atoms with van der Waals surface area (Å²) in [5, 5.41) is 20.4. The molecule has 1 amide bonds. The van der Waals surface area contributed by atoms with E-state index >= 15 is 0 Å². The van der Waals surface area contributed by atoms with Crippen LogP contribution in [0, 0.1) is 0 Å². The van der Waals surface area contributed by atoms with Crippen LogP contribution >= 0.6 is 11.3 Å². The largest absolute Gasteiger partial charge is 0.387 e. The highest BCUT2D eigenvalue weighted by Crippen LogP contribution is 2.14. The number of carbonyl (C=O) groups is 1. The van der Waals surface area contributed by atoms with E-state index in [4.69, 9.17) is 0 Å². The highest BCUT2D eigenvalue weighted by molar-refractivity contribution is 7.07. The molecule has 1 atom stereocenters. The van der Waals surface area contributed by atoms with E-state index in [1.807, 2.05) is 16.8 Å². The molecule has 120 valence electrons. The van der Waals surface area contributed by atoms with Crippen LogP contribution in [0.3, 0.4) is 0 Å². The fraction of sp³-hybridized carbons (Fsp3) is 0.267. The number of hydrogen-bond acceptors (Lipinski definition) is 5. The lowest BCUT2D eigenvalue weighted by atomic mass is 10.2. The van der Waals surface area contributed by atoms with Gasteiger partial charge in [0.05, 0.1) is 12.6 Å². The van der Waals surface area contributed by atoms with Crippen LogP contribution in [-0.2, 0) is 11.3 Å². The van der Waals surface area contributed by atoms with Gasteiger partial charge in [-0.15, -0.1) is 5.10 Å². The van der Waals surface area contributed by atoms with Crippen LogP contribution in [0.1, 0.15) is 18.1 Å². The number of rotatable bonds is 6. The molecule has 8 heteroatoms. The lowest BCUT2D eigenvalue weighted by Gasteiger charge is -2.10. The van der Waals surface area contributed by atoms with Crippen molar-refractivity contribution in [2.45, 2.75) is 19.1 Å². The first kappa shape index (κ1) is 15.4. The number of nitrogens with zero attached hydrogens (tertiary/aromatic N) is 3. The van der Waals surface area contributed by atoms with E-state index in [1.165, 1.54) is 20.4 Å². The molecule has 3 aromatic rings. The van der Waals surface area contributed by atoms with E-state index in [-0.39, 0.29) is 31.1 Å². The smallest absolute Gasteiger partial charge is 0.350 e. The zero-order chi connectivity index (χ0) is 16.2. The number of hydrogen-bond donors (Lipinski definition) is 2. The third-order valence-electron chi connectivity index (χ3n) is 3.46.